The maximum Gasteiger partial charge on any atom is 0.314 e. The largest absolute Gasteiger partial charge is 0.338 e. The summed E-state index contributed by atoms with van der Waals surface area (Å²) in [5, 5.41) is 6.10. The summed E-state index contributed by atoms with van der Waals surface area (Å²) in [5.41, 5.74) is 3.03. The lowest BCUT2D eigenvalue weighted by atomic mass is 9.64. The summed E-state index contributed by atoms with van der Waals surface area (Å²) in [7, 11) is 0. The fraction of sp³-hybridized carbons (Fsp3) is 0.550. The lowest BCUT2D eigenvalue weighted by Crippen LogP contribution is -2.48. The van der Waals surface area contributed by atoms with Crippen molar-refractivity contribution in [3.8, 4) is 0 Å². The van der Waals surface area contributed by atoms with Gasteiger partial charge in [-0.1, -0.05) is 48.4 Å². The van der Waals surface area contributed by atoms with Crippen LogP contribution in [0.5, 0.6) is 0 Å². The number of allylic oxidation sites excluding steroid dienone is 1. The predicted molar refractivity (Wildman–Crippen MR) is 94.5 cm³/mol. The highest BCUT2D eigenvalue weighted by molar-refractivity contribution is 5.74. The second-order valence-corrected chi connectivity index (χ2v) is 6.97. The fourth-order valence-corrected chi connectivity index (χ4v) is 3.74. The lowest BCUT2D eigenvalue weighted by molar-refractivity contribution is 0.215. The summed E-state index contributed by atoms with van der Waals surface area (Å²) in [6, 6.07) is 10.6. The zero-order chi connectivity index (χ0) is 16.0. The molecule has 0 radical (unpaired) electrons. The highest BCUT2D eigenvalue weighted by atomic mass is 16.2. The molecule has 0 bridgehead atoms. The van der Waals surface area contributed by atoms with Gasteiger partial charge in [0.15, 0.2) is 0 Å². The second kappa shape index (κ2) is 7.67. The molecule has 2 aliphatic carbocycles. The van der Waals surface area contributed by atoms with Gasteiger partial charge in [-0.15, -0.1) is 0 Å². The van der Waals surface area contributed by atoms with Gasteiger partial charge in [-0.25, -0.2) is 4.79 Å². The van der Waals surface area contributed by atoms with Crippen LogP contribution in [0.15, 0.2) is 42.0 Å². The Morgan fingerprint density at radius 1 is 1.04 bits per heavy atom. The summed E-state index contributed by atoms with van der Waals surface area (Å²) in [5.74, 6) is 0. The average molecular weight is 312 g/mol. The Bertz CT molecular complexity index is 546. The van der Waals surface area contributed by atoms with Crippen molar-refractivity contribution in [3.63, 3.8) is 0 Å². The quantitative estimate of drug-likeness (QED) is 0.756. The molecular weight excluding hydrogens is 284 g/mol. The van der Waals surface area contributed by atoms with Crippen LogP contribution in [0, 0.1) is 0 Å². The summed E-state index contributed by atoms with van der Waals surface area (Å²) in [6.07, 6.45) is 12.0. The van der Waals surface area contributed by atoms with Crippen LogP contribution in [0.3, 0.4) is 0 Å². The topological polar surface area (TPSA) is 41.1 Å². The van der Waals surface area contributed by atoms with Crippen molar-refractivity contribution < 1.29 is 4.79 Å². The third kappa shape index (κ3) is 4.15. The van der Waals surface area contributed by atoms with E-state index in [2.05, 4.69) is 47.0 Å². The van der Waals surface area contributed by atoms with Crippen LogP contribution in [0.1, 0.15) is 56.9 Å². The van der Waals surface area contributed by atoms with E-state index in [0.29, 0.717) is 0 Å². The number of benzene rings is 1. The van der Waals surface area contributed by atoms with Gasteiger partial charge in [0.1, 0.15) is 0 Å². The van der Waals surface area contributed by atoms with Gasteiger partial charge in [-0.2, -0.15) is 0 Å². The Morgan fingerprint density at radius 2 is 1.87 bits per heavy atom. The van der Waals surface area contributed by atoms with Crippen LogP contribution < -0.4 is 10.6 Å². The molecule has 3 rings (SSSR count). The molecule has 0 aliphatic heterocycles. The van der Waals surface area contributed by atoms with Gasteiger partial charge in [0.25, 0.3) is 0 Å². The number of amides is 2. The van der Waals surface area contributed by atoms with Crippen LogP contribution in [0.4, 0.5) is 4.79 Å². The van der Waals surface area contributed by atoms with Crippen molar-refractivity contribution in [1.82, 2.24) is 10.6 Å². The predicted octanol–water partition coefficient (Wildman–Crippen LogP) is 4.30. The lowest BCUT2D eigenvalue weighted by Gasteiger charge is -2.42. The standard InChI is InChI=1S/C20H28N2O/c23-19(21-15-12-17-8-3-1-4-9-17)22-16-20(13-7-14-20)18-10-5-2-6-11-18/h2,5-6,8,10-11H,1,3-4,7,9,12-16H2,(H2,21,22,23). The van der Waals surface area contributed by atoms with Crippen molar-refractivity contribution in [2.24, 2.45) is 0 Å². The number of carbonyl (C=O) groups excluding carboxylic acids is 1. The SMILES string of the molecule is O=C(NCCC1=CCCCC1)NCC1(c2ccccc2)CCC1. The number of nitrogens with one attached hydrogen (secondary N) is 2. The van der Waals surface area contributed by atoms with Crippen LogP contribution in [-0.4, -0.2) is 19.1 Å². The molecule has 2 aliphatic rings. The molecule has 0 unspecified atom stereocenters. The van der Waals surface area contributed by atoms with Gasteiger partial charge >= 0.3 is 6.03 Å². The first-order chi connectivity index (χ1) is 11.3. The van der Waals surface area contributed by atoms with E-state index in [1.165, 1.54) is 56.1 Å². The Morgan fingerprint density at radius 3 is 2.52 bits per heavy atom. The van der Waals surface area contributed by atoms with Crippen molar-refractivity contribution >= 4 is 6.03 Å². The molecule has 2 amide bonds. The minimum atomic E-state index is -0.0244. The highest BCUT2D eigenvalue weighted by Gasteiger charge is 2.38. The highest BCUT2D eigenvalue weighted by Crippen LogP contribution is 2.43. The van der Waals surface area contributed by atoms with E-state index in [0.717, 1.165) is 19.5 Å². The number of hydrogen-bond acceptors (Lipinski definition) is 1. The van der Waals surface area contributed by atoms with E-state index in [4.69, 9.17) is 0 Å². The van der Waals surface area contributed by atoms with Gasteiger partial charge in [0.05, 0.1) is 0 Å². The Labute approximate surface area is 139 Å². The van der Waals surface area contributed by atoms with E-state index in [1.807, 2.05) is 0 Å². The smallest absolute Gasteiger partial charge is 0.314 e. The molecule has 3 heteroatoms. The van der Waals surface area contributed by atoms with E-state index >= 15 is 0 Å². The molecule has 1 fully saturated rings. The molecule has 3 nitrogen and oxygen atoms in total. The van der Waals surface area contributed by atoms with Gasteiger partial charge in [-0.05, 0) is 50.5 Å². The van der Waals surface area contributed by atoms with Gasteiger partial charge in [0, 0.05) is 18.5 Å². The molecule has 0 spiro atoms. The monoisotopic (exact) mass is 312 g/mol. The Balaban J connectivity index is 1.42. The second-order valence-electron chi connectivity index (χ2n) is 6.97. The zero-order valence-corrected chi connectivity index (χ0v) is 13.9. The third-order valence-electron chi connectivity index (χ3n) is 5.40. The molecule has 0 atom stereocenters. The fourth-order valence-electron chi connectivity index (χ4n) is 3.74. The molecule has 124 valence electrons. The summed E-state index contributed by atoms with van der Waals surface area (Å²) < 4.78 is 0. The van der Waals surface area contributed by atoms with Gasteiger partial charge < -0.3 is 10.6 Å². The van der Waals surface area contributed by atoms with E-state index < -0.39 is 0 Å². The summed E-state index contributed by atoms with van der Waals surface area (Å²) in [6.45, 7) is 1.49. The molecule has 1 aromatic carbocycles. The average Bonchev–Trinajstić information content (AvgIpc) is 2.56. The van der Waals surface area contributed by atoms with Crippen LogP contribution >= 0.6 is 0 Å². The van der Waals surface area contributed by atoms with Gasteiger partial charge in [-0.3, -0.25) is 0 Å². The van der Waals surface area contributed by atoms with Crippen molar-refractivity contribution in [2.45, 2.75) is 56.8 Å². The molecule has 2 N–H and O–H groups in total. The van der Waals surface area contributed by atoms with Crippen LogP contribution in [-0.2, 0) is 5.41 Å². The Hall–Kier alpha value is -1.77. The third-order valence-corrected chi connectivity index (χ3v) is 5.40. The maximum absolute atomic E-state index is 12.1. The normalized spacial score (nSPS) is 19.4. The first kappa shape index (κ1) is 16.1. The number of hydrogen-bond donors (Lipinski definition) is 2. The van der Waals surface area contributed by atoms with Crippen molar-refractivity contribution in [3.05, 3.63) is 47.5 Å². The Kier molecular flexibility index (Phi) is 5.37. The summed E-state index contributed by atoms with van der Waals surface area (Å²) >= 11 is 0. The zero-order valence-electron chi connectivity index (χ0n) is 13.9. The number of carbonyl (C=O) groups is 1. The van der Waals surface area contributed by atoms with Gasteiger partial charge in [0.2, 0.25) is 0 Å². The van der Waals surface area contributed by atoms with Crippen LogP contribution in [0.25, 0.3) is 0 Å². The first-order valence-corrected chi connectivity index (χ1v) is 9.04. The molecule has 0 saturated heterocycles. The minimum absolute atomic E-state index is 0.0244. The van der Waals surface area contributed by atoms with Crippen molar-refractivity contribution in [2.75, 3.05) is 13.1 Å². The molecule has 1 saturated carbocycles. The number of rotatable bonds is 6. The molecular formula is C20H28N2O. The van der Waals surface area contributed by atoms with Crippen LogP contribution in [0.2, 0.25) is 0 Å². The molecule has 1 aromatic rings. The van der Waals surface area contributed by atoms with E-state index in [-0.39, 0.29) is 11.4 Å². The maximum atomic E-state index is 12.1. The molecule has 0 aromatic heterocycles. The first-order valence-electron chi connectivity index (χ1n) is 9.04. The number of urea groups is 1. The molecule has 23 heavy (non-hydrogen) atoms. The molecule has 0 heterocycles. The minimum Gasteiger partial charge on any atom is -0.338 e. The summed E-state index contributed by atoms with van der Waals surface area (Å²) in [4.78, 5) is 12.1. The van der Waals surface area contributed by atoms with E-state index in [1.54, 1.807) is 0 Å². The van der Waals surface area contributed by atoms with Crippen molar-refractivity contribution in [1.29, 1.82) is 0 Å². The van der Waals surface area contributed by atoms with E-state index in [9.17, 15) is 4.79 Å².